The van der Waals surface area contributed by atoms with Gasteiger partial charge >= 0.3 is 12.1 Å². The highest BCUT2D eigenvalue weighted by Gasteiger charge is 2.40. The lowest BCUT2D eigenvalue weighted by Gasteiger charge is -2.31. The number of carbonyl (C=O) groups excluding carboxylic acids is 2. The van der Waals surface area contributed by atoms with E-state index in [1.165, 1.54) is 11.1 Å². The summed E-state index contributed by atoms with van der Waals surface area (Å²) in [5, 5.41) is 12.1. The first kappa shape index (κ1) is 23.4. The van der Waals surface area contributed by atoms with Crippen LogP contribution in [0.2, 0.25) is 0 Å². The summed E-state index contributed by atoms with van der Waals surface area (Å²) in [7, 11) is 0. The molecule has 1 saturated carbocycles. The number of likely N-dealkylation sites (tertiary alicyclic amines) is 1. The van der Waals surface area contributed by atoms with Crippen LogP contribution in [0.15, 0.2) is 48.5 Å². The molecule has 1 heterocycles. The maximum Gasteiger partial charge on any atom is 0.407 e. The van der Waals surface area contributed by atoms with E-state index in [1.54, 1.807) is 4.90 Å². The maximum atomic E-state index is 13.0. The molecule has 0 bridgehead atoms. The fourth-order valence-electron chi connectivity index (χ4n) is 6.12. The molecule has 1 atom stereocenters. The lowest BCUT2D eigenvalue weighted by atomic mass is 9.92. The lowest BCUT2D eigenvalue weighted by Crippen LogP contribution is -2.50. The van der Waals surface area contributed by atoms with Gasteiger partial charge in [-0.05, 0) is 47.4 Å². The Morgan fingerprint density at radius 3 is 2.26 bits per heavy atom. The van der Waals surface area contributed by atoms with Crippen molar-refractivity contribution in [3.63, 3.8) is 0 Å². The van der Waals surface area contributed by atoms with E-state index in [4.69, 9.17) is 9.84 Å². The molecule has 1 saturated heterocycles. The first-order chi connectivity index (χ1) is 16.9. The Morgan fingerprint density at radius 1 is 1.00 bits per heavy atom. The molecule has 1 aliphatic heterocycles. The second-order valence-electron chi connectivity index (χ2n) is 10.2. The van der Waals surface area contributed by atoms with Crippen molar-refractivity contribution < 1.29 is 24.2 Å². The lowest BCUT2D eigenvalue weighted by molar-refractivity contribution is -0.138. The Labute approximate surface area is 205 Å². The van der Waals surface area contributed by atoms with Crippen LogP contribution >= 0.6 is 0 Å². The molecule has 0 aromatic heterocycles. The normalized spacial score (nSPS) is 20.3. The minimum absolute atomic E-state index is 0.00562. The van der Waals surface area contributed by atoms with Gasteiger partial charge in [-0.15, -0.1) is 0 Å². The van der Waals surface area contributed by atoms with Gasteiger partial charge in [0, 0.05) is 25.4 Å². The Bertz CT molecular complexity index is 1080. The zero-order valence-corrected chi connectivity index (χ0v) is 19.9. The molecule has 7 heteroatoms. The number of fused-ring (bicyclic) bond motifs is 3. The van der Waals surface area contributed by atoms with Gasteiger partial charge in [0.1, 0.15) is 6.61 Å². The van der Waals surface area contributed by atoms with E-state index in [0.717, 1.165) is 36.8 Å². The predicted molar refractivity (Wildman–Crippen MR) is 131 cm³/mol. The molecular formula is C28H32N2O5. The Morgan fingerprint density at radius 2 is 1.63 bits per heavy atom. The smallest absolute Gasteiger partial charge is 0.407 e. The molecule has 2 fully saturated rings. The summed E-state index contributed by atoms with van der Waals surface area (Å²) in [6, 6.07) is 16.5. The number of carboxylic acids is 1. The van der Waals surface area contributed by atoms with Crippen LogP contribution in [0.5, 0.6) is 0 Å². The van der Waals surface area contributed by atoms with Crippen LogP contribution in [0, 0.1) is 5.92 Å². The number of hydrogen-bond donors (Lipinski definition) is 2. The van der Waals surface area contributed by atoms with Crippen molar-refractivity contribution >= 4 is 18.0 Å². The Hall–Kier alpha value is -3.35. The van der Waals surface area contributed by atoms with Crippen molar-refractivity contribution in [3.05, 3.63) is 59.7 Å². The largest absolute Gasteiger partial charge is 0.481 e. The molecule has 2 aromatic carbocycles. The fourth-order valence-corrected chi connectivity index (χ4v) is 6.12. The number of hydrogen-bond acceptors (Lipinski definition) is 4. The summed E-state index contributed by atoms with van der Waals surface area (Å²) in [6.07, 6.45) is 3.96. The molecule has 1 unspecified atom stereocenters. The summed E-state index contributed by atoms with van der Waals surface area (Å²) in [4.78, 5) is 38.8. The zero-order chi connectivity index (χ0) is 24.4. The molecule has 2 aromatic rings. The van der Waals surface area contributed by atoms with Crippen LogP contribution in [0.3, 0.4) is 0 Å². The van der Waals surface area contributed by atoms with Crippen molar-refractivity contribution in [2.24, 2.45) is 5.92 Å². The number of carboxylic acid groups (broad SMARTS) is 1. The molecule has 184 valence electrons. The van der Waals surface area contributed by atoms with Gasteiger partial charge in [-0.3, -0.25) is 9.59 Å². The molecule has 0 radical (unpaired) electrons. The van der Waals surface area contributed by atoms with Crippen molar-refractivity contribution in [1.82, 2.24) is 10.2 Å². The molecule has 7 nitrogen and oxygen atoms in total. The van der Waals surface area contributed by atoms with E-state index in [9.17, 15) is 14.4 Å². The molecule has 3 aliphatic rings. The van der Waals surface area contributed by atoms with Gasteiger partial charge in [0.2, 0.25) is 5.91 Å². The number of rotatable bonds is 7. The standard InChI is InChI=1S/C28H32N2O5/c31-25(30-14-11-19(17-30)15-26(32)33)16-28(12-5-6-13-28)29-27(34)35-18-24-22-9-3-1-7-20(22)21-8-2-4-10-23(21)24/h1-4,7-10,19,24H,5-6,11-18H2,(H,29,34)(H,32,33). The Balaban J connectivity index is 1.21. The number of amides is 2. The van der Waals surface area contributed by atoms with Gasteiger partial charge in [0.25, 0.3) is 0 Å². The fraction of sp³-hybridized carbons (Fsp3) is 0.464. The second-order valence-corrected chi connectivity index (χ2v) is 10.2. The topological polar surface area (TPSA) is 95.9 Å². The molecule has 2 aliphatic carbocycles. The average Bonchev–Trinajstić information content (AvgIpc) is 3.56. The molecule has 2 amide bonds. The van der Waals surface area contributed by atoms with E-state index in [1.807, 2.05) is 24.3 Å². The van der Waals surface area contributed by atoms with Crippen molar-refractivity contribution in [2.75, 3.05) is 19.7 Å². The summed E-state index contributed by atoms with van der Waals surface area (Å²) in [5.41, 5.74) is 4.10. The number of nitrogens with zero attached hydrogens (tertiary/aromatic N) is 1. The number of ether oxygens (including phenoxy) is 1. The molecular weight excluding hydrogens is 444 g/mol. The molecule has 2 N–H and O–H groups in total. The molecule has 0 spiro atoms. The second kappa shape index (κ2) is 9.72. The third-order valence-corrected chi connectivity index (χ3v) is 7.86. The van der Waals surface area contributed by atoms with E-state index < -0.39 is 17.6 Å². The van der Waals surface area contributed by atoms with E-state index in [2.05, 4.69) is 29.6 Å². The van der Waals surface area contributed by atoms with Crippen LogP contribution in [0.1, 0.15) is 62.0 Å². The van der Waals surface area contributed by atoms with Crippen LogP contribution in [-0.4, -0.2) is 53.2 Å². The Kier molecular flexibility index (Phi) is 6.50. The minimum Gasteiger partial charge on any atom is -0.481 e. The highest BCUT2D eigenvalue weighted by molar-refractivity contribution is 5.80. The third-order valence-electron chi connectivity index (χ3n) is 7.86. The number of nitrogens with one attached hydrogen (secondary N) is 1. The number of benzene rings is 2. The zero-order valence-electron chi connectivity index (χ0n) is 19.9. The van der Waals surface area contributed by atoms with Gasteiger partial charge < -0.3 is 20.1 Å². The van der Waals surface area contributed by atoms with Gasteiger partial charge in [-0.1, -0.05) is 61.4 Å². The highest BCUT2D eigenvalue weighted by Crippen LogP contribution is 2.44. The monoisotopic (exact) mass is 476 g/mol. The van der Waals surface area contributed by atoms with Crippen LogP contribution in [0.4, 0.5) is 4.79 Å². The quantitative estimate of drug-likeness (QED) is 0.611. The minimum atomic E-state index is -0.825. The summed E-state index contributed by atoms with van der Waals surface area (Å²) in [5.74, 6) is -0.844. The van der Waals surface area contributed by atoms with Crippen molar-refractivity contribution in [1.29, 1.82) is 0 Å². The van der Waals surface area contributed by atoms with Crippen molar-refractivity contribution in [3.8, 4) is 11.1 Å². The van der Waals surface area contributed by atoms with Gasteiger partial charge in [-0.25, -0.2) is 4.79 Å². The SMILES string of the molecule is O=C(O)CC1CCN(C(=O)CC2(NC(=O)OCC3c4ccccc4-c4ccccc43)CCCC2)C1. The van der Waals surface area contributed by atoms with Crippen molar-refractivity contribution in [2.45, 2.75) is 56.4 Å². The van der Waals surface area contributed by atoms with Crippen LogP contribution in [-0.2, 0) is 14.3 Å². The average molecular weight is 477 g/mol. The van der Waals surface area contributed by atoms with E-state index in [0.29, 0.717) is 19.5 Å². The number of alkyl carbamates (subject to hydrolysis) is 1. The first-order valence-electron chi connectivity index (χ1n) is 12.6. The summed E-state index contributed by atoms with van der Waals surface area (Å²) in [6.45, 7) is 1.30. The molecule has 5 rings (SSSR count). The predicted octanol–water partition coefficient (Wildman–Crippen LogP) is 4.55. The third kappa shape index (κ3) is 4.90. The van der Waals surface area contributed by atoms with Crippen LogP contribution in [0.25, 0.3) is 11.1 Å². The number of carbonyl (C=O) groups is 3. The molecule has 35 heavy (non-hydrogen) atoms. The van der Waals surface area contributed by atoms with Gasteiger partial charge in [0.15, 0.2) is 0 Å². The summed E-state index contributed by atoms with van der Waals surface area (Å²) < 4.78 is 5.75. The van der Waals surface area contributed by atoms with Gasteiger partial charge in [0.05, 0.1) is 12.0 Å². The first-order valence-corrected chi connectivity index (χ1v) is 12.6. The number of aliphatic carboxylic acids is 1. The van der Waals surface area contributed by atoms with Gasteiger partial charge in [-0.2, -0.15) is 0 Å². The van der Waals surface area contributed by atoms with E-state index in [-0.39, 0.29) is 37.2 Å². The highest BCUT2D eigenvalue weighted by atomic mass is 16.5. The van der Waals surface area contributed by atoms with E-state index >= 15 is 0 Å². The van der Waals surface area contributed by atoms with Crippen LogP contribution < -0.4 is 5.32 Å². The maximum absolute atomic E-state index is 13.0. The summed E-state index contributed by atoms with van der Waals surface area (Å²) >= 11 is 0.